The molecule has 1 aromatic heterocycles. The minimum atomic E-state index is 0.0383. The van der Waals surface area contributed by atoms with Gasteiger partial charge in [-0.15, -0.1) is 0 Å². The van der Waals surface area contributed by atoms with Crippen LogP contribution in [-0.4, -0.2) is 45.2 Å². The number of aromatic nitrogens is 2. The fourth-order valence-electron chi connectivity index (χ4n) is 2.04. The van der Waals surface area contributed by atoms with E-state index < -0.39 is 0 Å². The molecule has 0 aliphatic carbocycles. The molecule has 2 rings (SSSR count). The number of carbonyl (C=O) groups excluding carboxylic acids is 1. The zero-order valence-electron chi connectivity index (χ0n) is 9.46. The molecule has 1 fully saturated rings. The van der Waals surface area contributed by atoms with Gasteiger partial charge in [0.15, 0.2) is 0 Å². The number of aryl methyl sites for hydroxylation is 1. The number of imidazole rings is 1. The van der Waals surface area contributed by atoms with Crippen LogP contribution >= 0.6 is 0 Å². The average Bonchev–Trinajstić information content (AvgIpc) is 2.75. The second-order valence-electron chi connectivity index (χ2n) is 4.31. The molecule has 0 spiro atoms. The van der Waals surface area contributed by atoms with Gasteiger partial charge in [-0.2, -0.15) is 0 Å². The monoisotopic (exact) mass is 223 g/mol. The number of rotatable bonds is 2. The maximum atomic E-state index is 12.1. The minimum Gasteiger partial charge on any atom is -0.396 e. The molecule has 88 valence electrons. The molecule has 5 heteroatoms. The molecule has 5 nitrogen and oxygen atoms in total. The maximum Gasteiger partial charge on any atom is 0.272 e. The van der Waals surface area contributed by atoms with Gasteiger partial charge in [-0.05, 0) is 18.8 Å². The van der Waals surface area contributed by atoms with Gasteiger partial charge in [0, 0.05) is 26.7 Å². The van der Waals surface area contributed by atoms with E-state index in [0.29, 0.717) is 11.6 Å². The van der Waals surface area contributed by atoms with Crippen LogP contribution in [0.4, 0.5) is 0 Å². The van der Waals surface area contributed by atoms with Crippen molar-refractivity contribution in [3.63, 3.8) is 0 Å². The molecule has 1 amide bonds. The topological polar surface area (TPSA) is 58.4 Å². The number of likely N-dealkylation sites (tertiary alicyclic amines) is 1. The normalized spacial score (nSPS) is 17.8. The van der Waals surface area contributed by atoms with Gasteiger partial charge in [0.25, 0.3) is 5.91 Å². The quantitative estimate of drug-likeness (QED) is 0.782. The molecule has 0 unspecified atom stereocenters. The highest BCUT2D eigenvalue weighted by Crippen LogP contribution is 2.18. The molecule has 1 saturated heterocycles. The van der Waals surface area contributed by atoms with E-state index in [9.17, 15) is 4.79 Å². The lowest BCUT2D eigenvalue weighted by Crippen LogP contribution is -2.39. The maximum absolute atomic E-state index is 12.1. The van der Waals surface area contributed by atoms with Gasteiger partial charge < -0.3 is 14.6 Å². The van der Waals surface area contributed by atoms with Crippen molar-refractivity contribution in [2.45, 2.75) is 12.8 Å². The van der Waals surface area contributed by atoms with Crippen molar-refractivity contribution in [1.82, 2.24) is 14.5 Å². The number of piperidine rings is 1. The highest BCUT2D eigenvalue weighted by Gasteiger charge is 2.24. The molecule has 1 aliphatic heterocycles. The highest BCUT2D eigenvalue weighted by atomic mass is 16.3. The smallest absolute Gasteiger partial charge is 0.272 e. The minimum absolute atomic E-state index is 0.0383. The van der Waals surface area contributed by atoms with E-state index in [2.05, 4.69) is 4.98 Å². The standard InChI is InChI=1S/C11H17N3O2/c1-13-8-12-6-10(13)11(16)14-4-2-9(7-15)3-5-14/h6,8-9,15H,2-5,7H2,1H3. The molecule has 1 aromatic rings. The van der Waals surface area contributed by atoms with Gasteiger partial charge in [0.2, 0.25) is 0 Å². The third-order valence-corrected chi connectivity index (χ3v) is 3.20. The Hall–Kier alpha value is -1.36. The molecule has 16 heavy (non-hydrogen) atoms. The zero-order valence-corrected chi connectivity index (χ0v) is 9.46. The van der Waals surface area contributed by atoms with E-state index in [1.54, 1.807) is 17.1 Å². The lowest BCUT2D eigenvalue weighted by molar-refractivity contribution is 0.0641. The van der Waals surface area contributed by atoms with Crippen molar-refractivity contribution in [1.29, 1.82) is 0 Å². The molecule has 2 heterocycles. The van der Waals surface area contributed by atoms with Gasteiger partial charge in [-0.3, -0.25) is 4.79 Å². The number of amides is 1. The summed E-state index contributed by atoms with van der Waals surface area (Å²) in [4.78, 5) is 17.9. The van der Waals surface area contributed by atoms with Crippen molar-refractivity contribution < 1.29 is 9.90 Å². The van der Waals surface area contributed by atoms with E-state index in [1.165, 1.54) is 0 Å². The fraction of sp³-hybridized carbons (Fsp3) is 0.636. The number of hydrogen-bond acceptors (Lipinski definition) is 3. The predicted octanol–water partition coefficient (Wildman–Crippen LogP) is 0.265. The summed E-state index contributed by atoms with van der Waals surface area (Å²) < 4.78 is 1.74. The molecule has 0 radical (unpaired) electrons. The van der Waals surface area contributed by atoms with Crippen LogP contribution in [0.25, 0.3) is 0 Å². The lowest BCUT2D eigenvalue weighted by Gasteiger charge is -2.31. The molecule has 1 aliphatic rings. The summed E-state index contributed by atoms with van der Waals surface area (Å²) in [6.45, 7) is 1.69. The molecule has 0 aromatic carbocycles. The first-order valence-electron chi connectivity index (χ1n) is 5.59. The molecule has 0 bridgehead atoms. The summed E-state index contributed by atoms with van der Waals surface area (Å²) in [5.41, 5.74) is 0.627. The van der Waals surface area contributed by atoms with Crippen molar-refractivity contribution in [3.8, 4) is 0 Å². The van der Waals surface area contributed by atoms with E-state index in [-0.39, 0.29) is 12.5 Å². The number of aliphatic hydroxyl groups is 1. The number of aliphatic hydroxyl groups excluding tert-OH is 1. The second kappa shape index (κ2) is 4.65. The van der Waals surface area contributed by atoms with E-state index in [4.69, 9.17) is 5.11 Å². The number of hydrogen-bond donors (Lipinski definition) is 1. The van der Waals surface area contributed by atoms with Gasteiger partial charge >= 0.3 is 0 Å². The third kappa shape index (κ3) is 2.09. The van der Waals surface area contributed by atoms with Crippen LogP contribution in [0.5, 0.6) is 0 Å². The van der Waals surface area contributed by atoms with Gasteiger partial charge in [-0.25, -0.2) is 4.98 Å². The predicted molar refractivity (Wildman–Crippen MR) is 58.9 cm³/mol. The van der Waals surface area contributed by atoms with Crippen LogP contribution in [0.1, 0.15) is 23.3 Å². The van der Waals surface area contributed by atoms with E-state index >= 15 is 0 Å². The molecular weight excluding hydrogens is 206 g/mol. The van der Waals surface area contributed by atoms with Gasteiger partial charge in [0.05, 0.1) is 12.5 Å². The second-order valence-corrected chi connectivity index (χ2v) is 4.31. The summed E-state index contributed by atoms with van der Waals surface area (Å²) in [6.07, 6.45) is 5.01. The van der Waals surface area contributed by atoms with Crippen molar-refractivity contribution in [2.24, 2.45) is 13.0 Å². The third-order valence-electron chi connectivity index (χ3n) is 3.20. The molecule has 0 atom stereocenters. The summed E-state index contributed by atoms with van der Waals surface area (Å²) in [5.74, 6) is 0.395. The summed E-state index contributed by atoms with van der Waals surface area (Å²) >= 11 is 0. The largest absolute Gasteiger partial charge is 0.396 e. The Labute approximate surface area is 94.7 Å². The first kappa shape index (κ1) is 11.1. The summed E-state index contributed by atoms with van der Waals surface area (Å²) in [7, 11) is 1.82. The highest BCUT2D eigenvalue weighted by molar-refractivity contribution is 5.92. The van der Waals surface area contributed by atoms with Crippen LogP contribution in [0.2, 0.25) is 0 Å². The van der Waals surface area contributed by atoms with Gasteiger partial charge in [0.1, 0.15) is 5.69 Å². The first-order valence-corrected chi connectivity index (χ1v) is 5.59. The van der Waals surface area contributed by atoms with Crippen molar-refractivity contribution in [3.05, 3.63) is 18.2 Å². The summed E-state index contributed by atoms with van der Waals surface area (Å²) in [5, 5.41) is 9.03. The van der Waals surface area contributed by atoms with Crippen LogP contribution < -0.4 is 0 Å². The molecule has 0 saturated carbocycles. The zero-order chi connectivity index (χ0) is 11.5. The summed E-state index contributed by atoms with van der Waals surface area (Å²) in [6, 6.07) is 0. The Kier molecular flexibility index (Phi) is 3.24. The SMILES string of the molecule is Cn1cncc1C(=O)N1CCC(CO)CC1. The molecule has 1 N–H and O–H groups in total. The van der Waals surface area contributed by atoms with Crippen LogP contribution in [-0.2, 0) is 7.05 Å². The van der Waals surface area contributed by atoms with Gasteiger partial charge in [-0.1, -0.05) is 0 Å². The fourth-order valence-corrected chi connectivity index (χ4v) is 2.04. The van der Waals surface area contributed by atoms with Crippen molar-refractivity contribution >= 4 is 5.91 Å². The number of nitrogens with zero attached hydrogens (tertiary/aromatic N) is 3. The van der Waals surface area contributed by atoms with Crippen LogP contribution in [0.3, 0.4) is 0 Å². The van der Waals surface area contributed by atoms with Crippen molar-refractivity contribution in [2.75, 3.05) is 19.7 Å². The first-order chi connectivity index (χ1) is 7.72. The number of carbonyl (C=O) groups is 1. The molecular formula is C11H17N3O2. The van der Waals surface area contributed by atoms with E-state index in [0.717, 1.165) is 25.9 Å². The van der Waals surface area contributed by atoms with E-state index in [1.807, 2.05) is 11.9 Å². The lowest BCUT2D eigenvalue weighted by atomic mass is 9.98. The Morgan fingerprint density at radius 3 is 2.75 bits per heavy atom. The van der Waals surface area contributed by atoms with Crippen LogP contribution in [0.15, 0.2) is 12.5 Å². The van der Waals surface area contributed by atoms with Crippen LogP contribution in [0, 0.1) is 5.92 Å². The Balaban J connectivity index is 2.00. The Bertz CT molecular complexity index is 367. The Morgan fingerprint density at radius 2 is 2.25 bits per heavy atom. The average molecular weight is 223 g/mol. The Morgan fingerprint density at radius 1 is 1.56 bits per heavy atom.